The van der Waals surface area contributed by atoms with Crippen LogP contribution >= 0.6 is 35.0 Å². The number of halogens is 2. The zero-order chi connectivity index (χ0) is 22.8. The number of allylic oxidation sites excluding steroid dienone is 1. The second kappa shape index (κ2) is 9.36. The summed E-state index contributed by atoms with van der Waals surface area (Å²) in [5.41, 5.74) is 1.30. The molecule has 1 amide bonds. The van der Waals surface area contributed by atoms with Crippen molar-refractivity contribution in [2.24, 2.45) is 0 Å². The summed E-state index contributed by atoms with van der Waals surface area (Å²) in [5.74, 6) is 0.331. The Labute approximate surface area is 198 Å². The predicted molar refractivity (Wildman–Crippen MR) is 129 cm³/mol. The molecule has 164 valence electrons. The van der Waals surface area contributed by atoms with Crippen LogP contribution in [-0.4, -0.2) is 30.8 Å². The van der Waals surface area contributed by atoms with E-state index in [0.29, 0.717) is 38.4 Å². The molecular weight excluding hydrogens is 469 g/mol. The van der Waals surface area contributed by atoms with Crippen LogP contribution in [0.1, 0.15) is 18.5 Å². The van der Waals surface area contributed by atoms with Gasteiger partial charge in [-0.25, -0.2) is 0 Å². The van der Waals surface area contributed by atoms with Crippen LogP contribution in [0.3, 0.4) is 0 Å². The number of hydrogen-bond acceptors (Lipinski definition) is 5. The first-order chi connectivity index (χ1) is 15.4. The molecular formula is C22H19Cl2N5O2S. The zero-order valence-corrected chi connectivity index (χ0v) is 19.4. The Morgan fingerprint density at radius 3 is 2.78 bits per heavy atom. The standard InChI is InChI=1S/C22H19Cl2N5O2S/c1-3-10-28-20(31)16-6-4-5-7-18(16)29-21(28)26-27-22(29)32-12-19(30)25-13(2)15-9-8-14(23)11-17(15)24/h3-9,11,13H,1,10,12H2,2H3,(H,25,30). The Bertz CT molecular complexity index is 1400. The molecule has 0 saturated carbocycles. The van der Waals surface area contributed by atoms with Crippen LogP contribution in [-0.2, 0) is 11.3 Å². The maximum absolute atomic E-state index is 12.9. The highest BCUT2D eigenvalue weighted by atomic mass is 35.5. The van der Waals surface area contributed by atoms with Crippen molar-refractivity contribution in [2.45, 2.75) is 24.7 Å². The summed E-state index contributed by atoms with van der Waals surface area (Å²) >= 11 is 13.4. The fourth-order valence-electron chi connectivity index (χ4n) is 3.46. The van der Waals surface area contributed by atoms with E-state index in [9.17, 15) is 9.59 Å². The molecule has 2 aromatic carbocycles. The molecule has 1 N–H and O–H groups in total. The quantitative estimate of drug-likeness (QED) is 0.306. The van der Waals surface area contributed by atoms with E-state index in [2.05, 4.69) is 22.1 Å². The van der Waals surface area contributed by atoms with Gasteiger partial charge in [-0.3, -0.25) is 18.6 Å². The second-order valence-corrected chi connectivity index (χ2v) is 8.87. The molecule has 10 heteroatoms. The van der Waals surface area contributed by atoms with Crippen molar-refractivity contribution >= 4 is 57.6 Å². The SMILES string of the molecule is C=CCn1c(=O)c2ccccc2n2c(SCC(=O)NC(C)c3ccc(Cl)cc3Cl)nnc12. The highest BCUT2D eigenvalue weighted by Crippen LogP contribution is 2.26. The summed E-state index contributed by atoms with van der Waals surface area (Å²) < 4.78 is 3.30. The molecule has 7 nitrogen and oxygen atoms in total. The molecule has 0 radical (unpaired) electrons. The summed E-state index contributed by atoms with van der Waals surface area (Å²) in [6, 6.07) is 12.1. The Kier molecular flexibility index (Phi) is 6.55. The van der Waals surface area contributed by atoms with Crippen molar-refractivity contribution in [2.75, 3.05) is 5.75 Å². The predicted octanol–water partition coefficient (Wildman–Crippen LogP) is 4.51. The van der Waals surface area contributed by atoms with Crippen LogP contribution in [0.4, 0.5) is 0 Å². The number of thioether (sulfide) groups is 1. The van der Waals surface area contributed by atoms with Gasteiger partial charge in [0.25, 0.3) is 5.56 Å². The lowest BCUT2D eigenvalue weighted by molar-refractivity contribution is -0.119. The van der Waals surface area contributed by atoms with Crippen LogP contribution in [0, 0.1) is 0 Å². The van der Waals surface area contributed by atoms with Gasteiger partial charge in [0.05, 0.1) is 22.7 Å². The Hall–Kier alpha value is -2.81. The van der Waals surface area contributed by atoms with Crippen LogP contribution in [0.15, 0.2) is 65.1 Å². The summed E-state index contributed by atoms with van der Waals surface area (Å²) in [4.78, 5) is 25.5. The molecule has 0 fully saturated rings. The number of hydrogen-bond donors (Lipinski definition) is 1. The first-order valence-electron chi connectivity index (χ1n) is 9.75. The minimum absolute atomic E-state index is 0.116. The van der Waals surface area contributed by atoms with E-state index in [4.69, 9.17) is 23.2 Å². The summed E-state index contributed by atoms with van der Waals surface area (Å²) in [5, 5.41) is 13.4. The molecule has 2 aromatic heterocycles. The van der Waals surface area contributed by atoms with Gasteiger partial charge in [0, 0.05) is 16.6 Å². The molecule has 0 aliphatic heterocycles. The number of nitrogens with zero attached hydrogens (tertiary/aromatic N) is 4. The fraction of sp³-hybridized carbons (Fsp3) is 0.182. The normalized spacial score (nSPS) is 12.2. The summed E-state index contributed by atoms with van der Waals surface area (Å²) in [6.07, 6.45) is 1.63. The third-order valence-corrected chi connectivity index (χ3v) is 6.42. The number of para-hydroxylation sites is 1. The number of carbonyl (C=O) groups excluding carboxylic acids is 1. The van der Waals surface area contributed by atoms with E-state index < -0.39 is 0 Å². The van der Waals surface area contributed by atoms with Crippen molar-refractivity contribution in [3.8, 4) is 0 Å². The summed E-state index contributed by atoms with van der Waals surface area (Å²) in [6.45, 7) is 5.88. The van der Waals surface area contributed by atoms with E-state index in [1.54, 1.807) is 34.7 Å². The smallest absolute Gasteiger partial charge is 0.263 e. The molecule has 0 saturated heterocycles. The van der Waals surface area contributed by atoms with Crippen molar-refractivity contribution in [3.63, 3.8) is 0 Å². The van der Waals surface area contributed by atoms with Gasteiger partial charge >= 0.3 is 0 Å². The van der Waals surface area contributed by atoms with E-state index in [1.165, 1.54) is 16.3 Å². The lowest BCUT2D eigenvalue weighted by Crippen LogP contribution is -2.28. The number of amides is 1. The molecule has 0 aliphatic carbocycles. The van der Waals surface area contributed by atoms with Gasteiger partial charge in [-0.05, 0) is 36.8 Å². The number of carbonyl (C=O) groups is 1. The van der Waals surface area contributed by atoms with E-state index in [1.807, 2.05) is 25.1 Å². The molecule has 4 rings (SSSR count). The Morgan fingerprint density at radius 2 is 2.03 bits per heavy atom. The maximum atomic E-state index is 12.9. The van der Waals surface area contributed by atoms with Gasteiger partial charge < -0.3 is 5.32 Å². The first kappa shape index (κ1) is 22.4. The largest absolute Gasteiger partial charge is 0.349 e. The van der Waals surface area contributed by atoms with Gasteiger partial charge in [0.15, 0.2) is 5.16 Å². The average Bonchev–Trinajstić information content (AvgIpc) is 3.19. The minimum Gasteiger partial charge on any atom is -0.349 e. The van der Waals surface area contributed by atoms with Crippen LogP contribution in [0.25, 0.3) is 16.7 Å². The molecule has 2 heterocycles. The van der Waals surface area contributed by atoms with Crippen molar-refractivity contribution in [1.82, 2.24) is 24.5 Å². The Morgan fingerprint density at radius 1 is 1.25 bits per heavy atom. The van der Waals surface area contributed by atoms with Crippen LogP contribution in [0.5, 0.6) is 0 Å². The first-order valence-corrected chi connectivity index (χ1v) is 11.5. The van der Waals surface area contributed by atoms with Gasteiger partial charge in [-0.2, -0.15) is 0 Å². The highest BCUT2D eigenvalue weighted by molar-refractivity contribution is 7.99. The van der Waals surface area contributed by atoms with Crippen molar-refractivity contribution < 1.29 is 4.79 Å². The van der Waals surface area contributed by atoms with E-state index >= 15 is 0 Å². The van der Waals surface area contributed by atoms with Gasteiger partial charge in [-0.15, -0.1) is 16.8 Å². The molecule has 0 bridgehead atoms. The van der Waals surface area contributed by atoms with Crippen LogP contribution in [0.2, 0.25) is 10.0 Å². The maximum Gasteiger partial charge on any atom is 0.263 e. The average molecular weight is 488 g/mol. The van der Waals surface area contributed by atoms with Gasteiger partial charge in [0.1, 0.15) is 0 Å². The number of rotatable bonds is 7. The third-order valence-electron chi connectivity index (χ3n) is 4.93. The molecule has 0 aliphatic rings. The number of nitrogens with one attached hydrogen (secondary N) is 1. The van der Waals surface area contributed by atoms with Crippen molar-refractivity contribution in [3.05, 3.63) is 81.1 Å². The van der Waals surface area contributed by atoms with E-state index in [0.717, 1.165) is 5.56 Å². The highest BCUT2D eigenvalue weighted by Gasteiger charge is 2.18. The van der Waals surface area contributed by atoms with Gasteiger partial charge in [-0.1, -0.05) is 59.2 Å². The molecule has 1 unspecified atom stereocenters. The zero-order valence-electron chi connectivity index (χ0n) is 17.1. The minimum atomic E-state index is -0.290. The molecule has 32 heavy (non-hydrogen) atoms. The molecule has 0 spiro atoms. The second-order valence-electron chi connectivity index (χ2n) is 7.08. The number of fused-ring (bicyclic) bond motifs is 3. The third kappa shape index (κ3) is 4.26. The fourth-order valence-corrected chi connectivity index (χ4v) is 4.79. The monoisotopic (exact) mass is 487 g/mol. The Balaban J connectivity index is 1.59. The number of aromatic nitrogens is 4. The summed E-state index contributed by atoms with van der Waals surface area (Å²) in [7, 11) is 0. The number of benzene rings is 2. The lowest BCUT2D eigenvalue weighted by Gasteiger charge is -2.16. The lowest BCUT2D eigenvalue weighted by atomic mass is 10.1. The topological polar surface area (TPSA) is 81.3 Å². The van der Waals surface area contributed by atoms with Crippen LogP contribution < -0.4 is 10.9 Å². The van der Waals surface area contributed by atoms with E-state index in [-0.39, 0.29) is 23.3 Å². The van der Waals surface area contributed by atoms with Gasteiger partial charge in [0.2, 0.25) is 11.7 Å². The molecule has 1 atom stereocenters. The molecule has 4 aromatic rings. The van der Waals surface area contributed by atoms with Crippen molar-refractivity contribution in [1.29, 1.82) is 0 Å².